The van der Waals surface area contributed by atoms with Crippen LogP contribution < -0.4 is 0 Å². The number of aliphatic hydroxyl groups is 1. The Hall–Kier alpha value is -2.47. The molecule has 0 amide bonds. The van der Waals surface area contributed by atoms with Gasteiger partial charge in [0.05, 0.1) is 6.61 Å². The maximum Gasteiger partial charge on any atom is 0.306 e. The minimum absolute atomic E-state index is 0.0534. The molecule has 6 heteroatoms. The van der Waals surface area contributed by atoms with Crippen LogP contribution in [-0.4, -0.2) is 42.1 Å². The van der Waals surface area contributed by atoms with Crippen molar-refractivity contribution in [3.8, 4) is 0 Å². The van der Waals surface area contributed by atoms with E-state index in [2.05, 4.69) is 38.2 Å². The van der Waals surface area contributed by atoms with Crippen LogP contribution in [0.4, 0.5) is 0 Å². The molecule has 0 bridgehead atoms. The van der Waals surface area contributed by atoms with Gasteiger partial charge < -0.3 is 14.6 Å². The molecule has 210 valence electrons. The van der Waals surface area contributed by atoms with Crippen molar-refractivity contribution in [3.05, 3.63) is 48.6 Å². The number of allylic oxidation sites excluding steroid dienone is 8. The average molecular weight is 519 g/mol. The zero-order chi connectivity index (χ0) is 27.4. The first-order valence-corrected chi connectivity index (χ1v) is 14.1. The van der Waals surface area contributed by atoms with Crippen LogP contribution >= 0.6 is 0 Å². The number of hydrogen-bond acceptors (Lipinski definition) is 6. The summed E-state index contributed by atoms with van der Waals surface area (Å²) in [4.78, 5) is 35.7. The highest BCUT2D eigenvalue weighted by Gasteiger charge is 2.16. The molecule has 37 heavy (non-hydrogen) atoms. The molecule has 0 aromatic rings. The number of carbonyl (C=O) groups excluding carboxylic acids is 3. The van der Waals surface area contributed by atoms with Crippen molar-refractivity contribution >= 4 is 17.7 Å². The molecule has 0 rings (SSSR count). The van der Waals surface area contributed by atoms with E-state index in [1.54, 1.807) is 6.08 Å². The molecule has 0 spiro atoms. The van der Waals surface area contributed by atoms with Gasteiger partial charge in [0, 0.05) is 19.3 Å². The molecule has 0 saturated carbocycles. The van der Waals surface area contributed by atoms with Crippen LogP contribution in [-0.2, 0) is 23.9 Å². The van der Waals surface area contributed by atoms with E-state index in [1.165, 1.54) is 25.3 Å². The van der Waals surface area contributed by atoms with Crippen LogP contribution in [0.1, 0.15) is 110 Å². The fourth-order valence-corrected chi connectivity index (χ4v) is 3.39. The maximum atomic E-state index is 11.9. The van der Waals surface area contributed by atoms with Gasteiger partial charge in [-0.25, -0.2) is 0 Å². The number of rotatable bonds is 24. The van der Waals surface area contributed by atoms with Crippen molar-refractivity contribution in [2.24, 2.45) is 0 Å². The Kier molecular flexibility index (Phi) is 24.8. The lowest BCUT2D eigenvalue weighted by atomic mass is 10.1. The molecule has 0 heterocycles. The van der Waals surface area contributed by atoms with Gasteiger partial charge in [0.1, 0.15) is 6.61 Å². The molecular formula is C31H50O6. The minimum Gasteiger partial charge on any atom is -0.462 e. The summed E-state index contributed by atoms with van der Waals surface area (Å²) in [5.74, 6) is -0.921. The summed E-state index contributed by atoms with van der Waals surface area (Å²) in [5.41, 5.74) is 0. The number of unbranched alkanes of at least 4 members (excludes halogenated alkanes) is 7. The lowest BCUT2D eigenvalue weighted by molar-refractivity contribution is -0.161. The van der Waals surface area contributed by atoms with E-state index < -0.39 is 18.7 Å². The first kappa shape index (κ1) is 34.5. The van der Waals surface area contributed by atoms with Crippen LogP contribution in [0.3, 0.4) is 0 Å². The second-order valence-corrected chi connectivity index (χ2v) is 9.16. The van der Waals surface area contributed by atoms with Crippen molar-refractivity contribution in [1.82, 2.24) is 0 Å². The summed E-state index contributed by atoms with van der Waals surface area (Å²) in [6.45, 7) is 3.75. The van der Waals surface area contributed by atoms with Crippen LogP contribution in [0.2, 0.25) is 0 Å². The third-order valence-electron chi connectivity index (χ3n) is 5.60. The summed E-state index contributed by atoms with van der Waals surface area (Å²) >= 11 is 0. The van der Waals surface area contributed by atoms with Gasteiger partial charge in [0.25, 0.3) is 0 Å². The molecule has 0 fully saturated rings. The van der Waals surface area contributed by atoms with Crippen LogP contribution in [0.5, 0.6) is 0 Å². The van der Waals surface area contributed by atoms with Crippen LogP contribution in [0.25, 0.3) is 0 Å². The van der Waals surface area contributed by atoms with Gasteiger partial charge in [-0.05, 0) is 44.6 Å². The van der Waals surface area contributed by atoms with Gasteiger partial charge >= 0.3 is 11.9 Å². The third-order valence-corrected chi connectivity index (χ3v) is 5.60. The molecule has 6 nitrogen and oxygen atoms in total. The lowest BCUT2D eigenvalue weighted by Crippen LogP contribution is -2.28. The first-order valence-electron chi connectivity index (χ1n) is 14.1. The number of ether oxygens (including phenoxy) is 2. The summed E-state index contributed by atoms with van der Waals surface area (Å²) in [5, 5.41) is 9.36. The van der Waals surface area contributed by atoms with E-state index in [4.69, 9.17) is 9.47 Å². The van der Waals surface area contributed by atoms with E-state index in [0.29, 0.717) is 12.8 Å². The van der Waals surface area contributed by atoms with E-state index in [1.807, 2.05) is 12.2 Å². The zero-order valence-corrected chi connectivity index (χ0v) is 23.2. The standard InChI is InChI=1S/C31H50O6/c1-3-5-7-9-10-11-12-13-14-15-16-18-19-22-28(33)23-21-25-30(34)36-27-29(26-32)37-31(35)24-20-17-8-6-4-2/h10-11,13-14,16,18-19,22,29,32H,3-9,12,15,17,20-21,23-27H2,1-2H3/b11-10-,14-13-,18-16-,22-19+/t29-/m0/s1. The molecule has 0 aliphatic rings. The smallest absolute Gasteiger partial charge is 0.306 e. The third kappa shape index (κ3) is 25.0. The highest BCUT2D eigenvalue weighted by Crippen LogP contribution is 2.08. The molecule has 1 N–H and O–H groups in total. The van der Waals surface area contributed by atoms with Crippen molar-refractivity contribution in [1.29, 1.82) is 0 Å². The first-order chi connectivity index (χ1) is 18.0. The predicted octanol–water partition coefficient (Wildman–Crippen LogP) is 7.12. The fourth-order valence-electron chi connectivity index (χ4n) is 3.39. The minimum atomic E-state index is -0.856. The second-order valence-electron chi connectivity index (χ2n) is 9.16. The van der Waals surface area contributed by atoms with Crippen molar-refractivity contribution in [2.75, 3.05) is 13.2 Å². The molecule has 0 aliphatic heterocycles. The zero-order valence-electron chi connectivity index (χ0n) is 23.2. The Bertz CT molecular complexity index is 704. The van der Waals surface area contributed by atoms with Crippen LogP contribution in [0.15, 0.2) is 48.6 Å². The Morgan fingerprint density at radius 3 is 2.08 bits per heavy atom. The second kappa shape index (κ2) is 26.6. The van der Waals surface area contributed by atoms with E-state index in [9.17, 15) is 19.5 Å². The average Bonchev–Trinajstić information content (AvgIpc) is 2.89. The molecule has 0 aliphatic carbocycles. The van der Waals surface area contributed by atoms with Gasteiger partial charge in [-0.3, -0.25) is 14.4 Å². The van der Waals surface area contributed by atoms with E-state index in [0.717, 1.165) is 51.4 Å². The Morgan fingerprint density at radius 2 is 1.35 bits per heavy atom. The molecule has 0 aromatic carbocycles. The normalized spacial score (nSPS) is 12.7. The largest absolute Gasteiger partial charge is 0.462 e. The predicted molar refractivity (Wildman–Crippen MR) is 150 cm³/mol. The van der Waals surface area contributed by atoms with Gasteiger partial charge in [-0.2, -0.15) is 0 Å². The molecular weight excluding hydrogens is 468 g/mol. The van der Waals surface area contributed by atoms with Gasteiger partial charge in [0.2, 0.25) is 0 Å². The van der Waals surface area contributed by atoms with Crippen molar-refractivity contribution < 1.29 is 29.0 Å². The number of carbonyl (C=O) groups is 3. The number of aliphatic hydroxyl groups excluding tert-OH is 1. The summed E-state index contributed by atoms with van der Waals surface area (Å²) in [7, 11) is 0. The molecule has 0 aromatic heterocycles. The van der Waals surface area contributed by atoms with E-state index >= 15 is 0 Å². The summed E-state index contributed by atoms with van der Waals surface area (Å²) < 4.78 is 10.3. The number of esters is 2. The van der Waals surface area contributed by atoms with Crippen molar-refractivity contribution in [3.63, 3.8) is 0 Å². The molecule has 0 saturated heterocycles. The highest BCUT2D eigenvalue weighted by molar-refractivity contribution is 5.90. The Morgan fingerprint density at radius 1 is 0.703 bits per heavy atom. The van der Waals surface area contributed by atoms with Crippen LogP contribution in [0, 0.1) is 0 Å². The van der Waals surface area contributed by atoms with E-state index in [-0.39, 0.29) is 31.2 Å². The Balaban J connectivity index is 3.89. The summed E-state index contributed by atoms with van der Waals surface area (Å²) in [6.07, 6.45) is 27.7. The highest BCUT2D eigenvalue weighted by atomic mass is 16.6. The van der Waals surface area contributed by atoms with Gasteiger partial charge in [0.15, 0.2) is 11.9 Å². The fraction of sp³-hybridized carbons (Fsp3) is 0.645. The number of hydrogen-bond donors (Lipinski definition) is 1. The summed E-state index contributed by atoms with van der Waals surface area (Å²) in [6, 6.07) is 0. The molecule has 1 atom stereocenters. The lowest BCUT2D eigenvalue weighted by Gasteiger charge is -2.15. The van der Waals surface area contributed by atoms with Gasteiger partial charge in [-0.15, -0.1) is 0 Å². The van der Waals surface area contributed by atoms with Crippen molar-refractivity contribution in [2.45, 2.75) is 116 Å². The number of ketones is 1. The maximum absolute atomic E-state index is 11.9. The Labute approximate surface area is 224 Å². The quantitative estimate of drug-likeness (QED) is 0.0481. The topological polar surface area (TPSA) is 89.9 Å². The SMILES string of the molecule is CCCCC/C=C\C/C=C\C/C=C\C=C\C(=O)CCCC(=O)OC[C@H](CO)OC(=O)CCCCCCC. The molecule has 0 unspecified atom stereocenters. The molecule has 0 radical (unpaired) electrons. The van der Waals surface area contributed by atoms with Gasteiger partial charge in [-0.1, -0.05) is 94.9 Å². The monoisotopic (exact) mass is 518 g/mol.